The number of carbonyl (C=O) groups excluding carboxylic acids is 1. The van der Waals surface area contributed by atoms with Crippen LogP contribution in [0.3, 0.4) is 0 Å². The second kappa shape index (κ2) is 9.07. The van der Waals surface area contributed by atoms with Crippen molar-refractivity contribution < 1.29 is 22.7 Å². The smallest absolute Gasteiger partial charge is 0.243 e. The molecule has 0 saturated carbocycles. The third-order valence-corrected chi connectivity index (χ3v) is 6.22. The van der Waals surface area contributed by atoms with E-state index in [9.17, 15) is 13.2 Å². The molecule has 2 aromatic rings. The van der Waals surface area contributed by atoms with Crippen molar-refractivity contribution in [1.29, 1.82) is 0 Å². The summed E-state index contributed by atoms with van der Waals surface area (Å²) >= 11 is 0. The number of anilines is 1. The van der Waals surface area contributed by atoms with Crippen LogP contribution in [0.5, 0.6) is 11.5 Å². The van der Waals surface area contributed by atoms with Crippen LogP contribution in [-0.2, 0) is 14.8 Å². The van der Waals surface area contributed by atoms with Crippen LogP contribution >= 0.6 is 0 Å². The number of rotatable bonds is 8. The molecule has 0 bridgehead atoms. The highest BCUT2D eigenvalue weighted by Gasteiger charge is 2.26. The molecule has 152 valence electrons. The third kappa shape index (κ3) is 4.82. The Bertz CT molecular complexity index is 957. The van der Waals surface area contributed by atoms with Gasteiger partial charge in [0.05, 0.1) is 31.3 Å². The molecule has 0 radical (unpaired) electrons. The molecule has 0 atom stereocenters. The number of amides is 1. The first-order valence-electron chi connectivity index (χ1n) is 8.82. The van der Waals surface area contributed by atoms with Crippen molar-refractivity contribution in [2.24, 2.45) is 0 Å². The van der Waals surface area contributed by atoms with E-state index in [1.165, 1.54) is 26.4 Å². The first-order chi connectivity index (χ1) is 13.2. The quantitative estimate of drug-likeness (QED) is 0.729. The number of aryl methyl sites for hydroxylation is 2. The second-order valence-electron chi connectivity index (χ2n) is 6.31. The Labute approximate surface area is 166 Å². The summed E-state index contributed by atoms with van der Waals surface area (Å²) in [6, 6.07) is 10.0. The minimum Gasteiger partial charge on any atom is -0.496 e. The molecule has 0 saturated heterocycles. The summed E-state index contributed by atoms with van der Waals surface area (Å²) in [5, 5.41) is 2.73. The molecule has 0 spiro atoms. The molecule has 8 heteroatoms. The Morgan fingerprint density at radius 2 is 1.68 bits per heavy atom. The highest BCUT2D eigenvalue weighted by atomic mass is 32.2. The van der Waals surface area contributed by atoms with Crippen molar-refractivity contribution in [3.63, 3.8) is 0 Å². The summed E-state index contributed by atoms with van der Waals surface area (Å²) in [5.74, 6) is 0.668. The number of hydrogen-bond acceptors (Lipinski definition) is 5. The van der Waals surface area contributed by atoms with Crippen LogP contribution < -0.4 is 14.8 Å². The number of likely N-dealkylation sites (N-methyl/N-ethyl adjacent to an activating group) is 1. The van der Waals surface area contributed by atoms with E-state index in [4.69, 9.17) is 9.47 Å². The zero-order valence-corrected chi connectivity index (χ0v) is 17.6. The van der Waals surface area contributed by atoms with Crippen LogP contribution in [0.4, 0.5) is 5.69 Å². The number of nitrogens with zero attached hydrogens (tertiary/aromatic N) is 1. The van der Waals surface area contributed by atoms with Crippen molar-refractivity contribution in [2.45, 2.75) is 25.7 Å². The van der Waals surface area contributed by atoms with Gasteiger partial charge < -0.3 is 14.8 Å². The third-order valence-electron chi connectivity index (χ3n) is 4.31. The fraction of sp³-hybridized carbons (Fsp3) is 0.350. The maximum absolute atomic E-state index is 13.0. The fourth-order valence-corrected chi connectivity index (χ4v) is 4.29. The van der Waals surface area contributed by atoms with Gasteiger partial charge in [-0.1, -0.05) is 13.0 Å². The highest BCUT2D eigenvalue weighted by Crippen LogP contribution is 2.26. The number of nitrogens with one attached hydrogen (secondary N) is 1. The summed E-state index contributed by atoms with van der Waals surface area (Å²) in [7, 11) is -0.789. The normalized spacial score (nSPS) is 11.4. The van der Waals surface area contributed by atoms with E-state index >= 15 is 0 Å². The molecule has 1 amide bonds. The van der Waals surface area contributed by atoms with Crippen molar-refractivity contribution in [1.82, 2.24) is 4.31 Å². The average molecular weight is 407 g/mol. The van der Waals surface area contributed by atoms with Crippen LogP contribution in [0.25, 0.3) is 0 Å². The van der Waals surface area contributed by atoms with Gasteiger partial charge in [-0.3, -0.25) is 4.79 Å². The summed E-state index contributed by atoms with van der Waals surface area (Å²) in [5.41, 5.74) is 2.15. The van der Waals surface area contributed by atoms with E-state index < -0.39 is 15.9 Å². The van der Waals surface area contributed by atoms with Crippen LogP contribution in [0, 0.1) is 13.8 Å². The summed E-state index contributed by atoms with van der Waals surface area (Å²) in [6.45, 7) is 5.20. The molecule has 0 heterocycles. The number of ether oxygens (including phenoxy) is 2. The first kappa shape index (κ1) is 21.7. The number of methoxy groups -OCH3 is 2. The van der Waals surface area contributed by atoms with Crippen molar-refractivity contribution in [3.05, 3.63) is 47.5 Å². The van der Waals surface area contributed by atoms with E-state index in [0.29, 0.717) is 22.7 Å². The number of carbonyl (C=O) groups is 1. The Morgan fingerprint density at radius 3 is 2.25 bits per heavy atom. The van der Waals surface area contributed by atoms with Gasteiger partial charge in [0.15, 0.2) is 0 Å². The molecule has 7 nitrogen and oxygen atoms in total. The topological polar surface area (TPSA) is 84.9 Å². The van der Waals surface area contributed by atoms with Gasteiger partial charge in [-0.15, -0.1) is 0 Å². The lowest BCUT2D eigenvalue weighted by Gasteiger charge is -2.21. The Morgan fingerprint density at radius 1 is 1.04 bits per heavy atom. The predicted octanol–water partition coefficient (Wildman–Crippen LogP) is 2.97. The van der Waals surface area contributed by atoms with E-state index in [1.807, 2.05) is 13.0 Å². The van der Waals surface area contributed by atoms with Gasteiger partial charge in [-0.25, -0.2) is 8.42 Å². The molecule has 2 aromatic carbocycles. The van der Waals surface area contributed by atoms with Crippen molar-refractivity contribution >= 4 is 21.6 Å². The predicted molar refractivity (Wildman–Crippen MR) is 109 cm³/mol. The number of sulfonamides is 1. The molecule has 0 unspecified atom stereocenters. The van der Waals surface area contributed by atoms with Gasteiger partial charge in [-0.2, -0.15) is 4.31 Å². The molecular weight excluding hydrogens is 380 g/mol. The van der Waals surface area contributed by atoms with Gasteiger partial charge >= 0.3 is 0 Å². The minimum absolute atomic E-state index is 0.119. The van der Waals surface area contributed by atoms with Crippen LogP contribution in [0.2, 0.25) is 0 Å². The maximum Gasteiger partial charge on any atom is 0.243 e. The lowest BCUT2D eigenvalue weighted by Crippen LogP contribution is -2.37. The number of benzene rings is 2. The molecule has 0 aliphatic heterocycles. The largest absolute Gasteiger partial charge is 0.496 e. The second-order valence-corrected chi connectivity index (χ2v) is 8.25. The van der Waals surface area contributed by atoms with E-state index in [2.05, 4.69) is 5.32 Å². The molecular formula is C20H26N2O5S. The molecule has 0 aliphatic carbocycles. The lowest BCUT2D eigenvalue weighted by atomic mass is 10.2. The standard InChI is InChI=1S/C20H26N2O5S/c1-6-22(28(24,25)16-8-10-18(26-4)15(3)12-16)13-20(23)21-17-11-14(2)7-9-19(17)27-5/h7-12H,6,13H2,1-5H3,(H,21,23). The van der Waals surface area contributed by atoms with Gasteiger partial charge in [0, 0.05) is 6.54 Å². The van der Waals surface area contributed by atoms with Crippen LogP contribution in [0.15, 0.2) is 41.3 Å². The summed E-state index contributed by atoms with van der Waals surface area (Å²) in [4.78, 5) is 12.6. The molecule has 0 fully saturated rings. The van der Waals surface area contributed by atoms with Gasteiger partial charge in [0.2, 0.25) is 15.9 Å². The van der Waals surface area contributed by atoms with E-state index in [0.717, 1.165) is 9.87 Å². The van der Waals surface area contributed by atoms with Gasteiger partial charge in [-0.05, 0) is 55.3 Å². The van der Waals surface area contributed by atoms with Gasteiger partial charge in [0.1, 0.15) is 11.5 Å². The van der Waals surface area contributed by atoms with Crippen LogP contribution in [0.1, 0.15) is 18.1 Å². The van der Waals surface area contributed by atoms with Gasteiger partial charge in [0.25, 0.3) is 0 Å². The lowest BCUT2D eigenvalue weighted by molar-refractivity contribution is -0.116. The fourth-order valence-electron chi connectivity index (χ4n) is 2.80. The number of hydrogen-bond donors (Lipinski definition) is 1. The zero-order chi connectivity index (χ0) is 20.9. The van der Waals surface area contributed by atoms with E-state index in [1.54, 1.807) is 32.0 Å². The van der Waals surface area contributed by atoms with E-state index in [-0.39, 0.29) is 18.0 Å². The van der Waals surface area contributed by atoms with Crippen molar-refractivity contribution in [2.75, 3.05) is 32.6 Å². The first-order valence-corrected chi connectivity index (χ1v) is 10.3. The maximum atomic E-state index is 13.0. The molecule has 2 rings (SSSR count). The summed E-state index contributed by atoms with van der Waals surface area (Å²) < 4.78 is 37.5. The molecule has 1 N–H and O–H groups in total. The Balaban J connectivity index is 2.22. The SMILES string of the molecule is CCN(CC(=O)Nc1cc(C)ccc1OC)S(=O)(=O)c1ccc(OC)c(C)c1. The highest BCUT2D eigenvalue weighted by molar-refractivity contribution is 7.89. The Kier molecular flexibility index (Phi) is 7.04. The monoisotopic (exact) mass is 406 g/mol. The molecule has 0 aliphatic rings. The Hall–Kier alpha value is -2.58. The van der Waals surface area contributed by atoms with Crippen LogP contribution in [-0.4, -0.2) is 45.9 Å². The molecule has 0 aromatic heterocycles. The zero-order valence-electron chi connectivity index (χ0n) is 16.8. The minimum atomic E-state index is -3.82. The molecule has 28 heavy (non-hydrogen) atoms. The average Bonchev–Trinajstić information content (AvgIpc) is 2.66. The summed E-state index contributed by atoms with van der Waals surface area (Å²) in [6.07, 6.45) is 0. The van der Waals surface area contributed by atoms with Crippen molar-refractivity contribution in [3.8, 4) is 11.5 Å².